The van der Waals surface area contributed by atoms with Crippen molar-refractivity contribution in [3.05, 3.63) is 89.1 Å². The van der Waals surface area contributed by atoms with Crippen LogP contribution in [0.4, 0.5) is 4.39 Å². The molecule has 1 aromatic heterocycles. The van der Waals surface area contributed by atoms with E-state index in [1.54, 1.807) is 36.4 Å². The van der Waals surface area contributed by atoms with Crippen LogP contribution in [0.3, 0.4) is 0 Å². The number of aliphatic hydroxyl groups is 1. The predicted octanol–water partition coefficient (Wildman–Crippen LogP) is 5.23. The quantitative estimate of drug-likeness (QED) is 0.196. The number of ether oxygens (including phenoxy) is 2. The highest BCUT2D eigenvalue weighted by Crippen LogP contribution is 2.41. The minimum absolute atomic E-state index is 0.00460. The number of unbranched alkanes of at least 4 members (excludes halogenated alkanes) is 1. The molecule has 7 nitrogen and oxygen atoms in total. The van der Waals surface area contributed by atoms with E-state index in [9.17, 15) is 19.1 Å². The number of rotatable bonds is 9. The number of hydrogen-bond donors (Lipinski definition) is 1. The number of ketones is 1. The predicted molar refractivity (Wildman–Crippen MR) is 126 cm³/mol. The minimum Gasteiger partial charge on any atom is -0.507 e. The molecule has 35 heavy (non-hydrogen) atoms. The summed E-state index contributed by atoms with van der Waals surface area (Å²) in [5.41, 5.74) is 0.517. The molecule has 3 aromatic rings. The molecule has 1 saturated heterocycles. The molecule has 0 saturated carbocycles. The van der Waals surface area contributed by atoms with Crippen molar-refractivity contribution < 1.29 is 33.0 Å². The molecule has 182 valence electrons. The third-order valence-electron chi connectivity index (χ3n) is 5.83. The van der Waals surface area contributed by atoms with Crippen LogP contribution in [0.5, 0.6) is 11.5 Å². The van der Waals surface area contributed by atoms with Crippen LogP contribution in [0.25, 0.3) is 5.76 Å². The Morgan fingerprint density at radius 3 is 2.54 bits per heavy atom. The van der Waals surface area contributed by atoms with Crippen molar-refractivity contribution in [3.8, 4) is 11.5 Å². The van der Waals surface area contributed by atoms with Gasteiger partial charge in [0.05, 0.1) is 38.1 Å². The molecule has 1 amide bonds. The monoisotopic (exact) mass is 479 g/mol. The van der Waals surface area contributed by atoms with Gasteiger partial charge >= 0.3 is 0 Å². The van der Waals surface area contributed by atoms with E-state index < -0.39 is 29.3 Å². The van der Waals surface area contributed by atoms with Crippen molar-refractivity contribution in [1.29, 1.82) is 0 Å². The van der Waals surface area contributed by atoms with Gasteiger partial charge in [0.25, 0.3) is 11.7 Å². The molecule has 4 rings (SSSR count). The van der Waals surface area contributed by atoms with Gasteiger partial charge < -0.3 is 23.9 Å². The van der Waals surface area contributed by atoms with E-state index in [0.717, 1.165) is 18.9 Å². The van der Waals surface area contributed by atoms with E-state index in [0.29, 0.717) is 23.7 Å². The SMILES string of the molecule is CCCCOc1ccc(C2C(=C(O)c3ccc(OC)c(F)c3)C(=O)C(=O)N2Cc2ccco2)cc1. The number of likely N-dealkylation sites (tertiary alicyclic amines) is 1. The Kier molecular flexibility index (Phi) is 7.19. The molecule has 1 aliphatic rings. The summed E-state index contributed by atoms with van der Waals surface area (Å²) in [4.78, 5) is 27.5. The number of carbonyl (C=O) groups is 2. The molecule has 1 atom stereocenters. The molecule has 1 aliphatic heterocycles. The maximum Gasteiger partial charge on any atom is 0.296 e. The average Bonchev–Trinajstić information content (AvgIpc) is 3.46. The van der Waals surface area contributed by atoms with E-state index in [1.807, 2.05) is 0 Å². The number of Topliss-reactive ketones (excluding diaryl/α,β-unsaturated/α-hetero) is 1. The van der Waals surface area contributed by atoms with Crippen molar-refractivity contribution in [2.75, 3.05) is 13.7 Å². The third kappa shape index (κ3) is 4.91. The summed E-state index contributed by atoms with van der Waals surface area (Å²) in [6, 6.07) is 13.3. The van der Waals surface area contributed by atoms with Crippen LogP contribution < -0.4 is 9.47 Å². The highest BCUT2D eigenvalue weighted by molar-refractivity contribution is 6.46. The number of aliphatic hydroxyl groups excluding tert-OH is 1. The van der Waals surface area contributed by atoms with Crippen molar-refractivity contribution in [3.63, 3.8) is 0 Å². The Hall–Kier alpha value is -4.07. The largest absolute Gasteiger partial charge is 0.507 e. The summed E-state index contributed by atoms with van der Waals surface area (Å²) in [6.07, 6.45) is 3.40. The molecule has 1 N–H and O–H groups in total. The first-order valence-corrected chi connectivity index (χ1v) is 11.3. The number of benzene rings is 2. The molecule has 2 heterocycles. The molecule has 0 bridgehead atoms. The number of methoxy groups -OCH3 is 1. The third-order valence-corrected chi connectivity index (χ3v) is 5.83. The molecule has 0 spiro atoms. The zero-order chi connectivity index (χ0) is 24.9. The Morgan fingerprint density at radius 1 is 1.14 bits per heavy atom. The number of furan rings is 1. The summed E-state index contributed by atoms with van der Waals surface area (Å²) in [6.45, 7) is 2.67. The molecular formula is C27H26FNO6. The lowest BCUT2D eigenvalue weighted by molar-refractivity contribution is -0.140. The number of carbonyl (C=O) groups excluding carboxylic acids is 2. The first-order chi connectivity index (χ1) is 16.9. The summed E-state index contributed by atoms with van der Waals surface area (Å²) >= 11 is 0. The molecule has 1 fully saturated rings. The van der Waals surface area contributed by atoms with Crippen LogP contribution in [0.15, 0.2) is 70.9 Å². The van der Waals surface area contributed by atoms with Gasteiger partial charge in [-0.15, -0.1) is 0 Å². The molecule has 8 heteroatoms. The second kappa shape index (κ2) is 10.5. The van der Waals surface area contributed by atoms with Gasteiger partial charge in [-0.2, -0.15) is 0 Å². The van der Waals surface area contributed by atoms with Gasteiger partial charge in [-0.1, -0.05) is 25.5 Å². The summed E-state index contributed by atoms with van der Waals surface area (Å²) < 4.78 is 30.4. The van der Waals surface area contributed by atoms with E-state index in [4.69, 9.17) is 13.9 Å². The van der Waals surface area contributed by atoms with E-state index >= 15 is 0 Å². The number of amides is 1. The topological polar surface area (TPSA) is 89.2 Å². The van der Waals surface area contributed by atoms with Crippen LogP contribution in [-0.4, -0.2) is 35.4 Å². The Morgan fingerprint density at radius 2 is 1.91 bits per heavy atom. The smallest absolute Gasteiger partial charge is 0.296 e. The molecular weight excluding hydrogens is 453 g/mol. The summed E-state index contributed by atoms with van der Waals surface area (Å²) in [5.74, 6) is -1.69. The standard InChI is InChI=1S/C27H26FNO6/c1-3-4-13-34-19-10-7-17(8-11-19)24-23(25(30)18-9-12-22(33-2)21(28)15-18)26(31)27(32)29(24)16-20-6-5-14-35-20/h5-12,14-15,24,30H,3-4,13,16H2,1-2H3. The maximum atomic E-state index is 14.3. The lowest BCUT2D eigenvalue weighted by Gasteiger charge is -2.24. The van der Waals surface area contributed by atoms with Gasteiger partial charge in [-0.3, -0.25) is 9.59 Å². The van der Waals surface area contributed by atoms with Gasteiger partial charge in [0.2, 0.25) is 0 Å². The van der Waals surface area contributed by atoms with Crippen molar-refractivity contribution in [2.24, 2.45) is 0 Å². The van der Waals surface area contributed by atoms with Gasteiger partial charge in [-0.25, -0.2) is 4.39 Å². The second-order valence-electron chi connectivity index (χ2n) is 8.13. The number of halogens is 1. The Bertz CT molecular complexity index is 1230. The highest BCUT2D eigenvalue weighted by Gasteiger charge is 2.46. The van der Waals surface area contributed by atoms with Crippen LogP contribution in [0.1, 0.15) is 42.7 Å². The van der Waals surface area contributed by atoms with Gasteiger partial charge in [0.15, 0.2) is 11.6 Å². The van der Waals surface area contributed by atoms with Crippen molar-refractivity contribution in [2.45, 2.75) is 32.4 Å². The molecule has 0 radical (unpaired) electrons. The number of nitrogens with zero attached hydrogens (tertiary/aromatic N) is 1. The first-order valence-electron chi connectivity index (χ1n) is 11.3. The average molecular weight is 480 g/mol. The lowest BCUT2D eigenvalue weighted by Crippen LogP contribution is -2.29. The van der Waals surface area contributed by atoms with Gasteiger partial charge in [0, 0.05) is 5.56 Å². The molecule has 2 aromatic carbocycles. The fourth-order valence-corrected chi connectivity index (χ4v) is 4.01. The van der Waals surface area contributed by atoms with Crippen LogP contribution in [0, 0.1) is 5.82 Å². The normalized spacial score (nSPS) is 17.1. The summed E-state index contributed by atoms with van der Waals surface area (Å²) in [7, 11) is 1.33. The minimum atomic E-state index is -0.907. The van der Waals surface area contributed by atoms with E-state index in [1.165, 1.54) is 30.4 Å². The van der Waals surface area contributed by atoms with Crippen molar-refractivity contribution in [1.82, 2.24) is 4.90 Å². The number of hydrogen-bond acceptors (Lipinski definition) is 6. The zero-order valence-electron chi connectivity index (χ0n) is 19.5. The van der Waals surface area contributed by atoms with Crippen LogP contribution in [0.2, 0.25) is 0 Å². The Balaban J connectivity index is 1.77. The summed E-state index contributed by atoms with van der Waals surface area (Å²) in [5, 5.41) is 11.1. The van der Waals surface area contributed by atoms with Gasteiger partial charge in [-0.05, 0) is 54.4 Å². The first kappa shape index (κ1) is 24.1. The van der Waals surface area contributed by atoms with E-state index in [2.05, 4.69) is 6.92 Å². The fraction of sp³-hybridized carbons (Fsp3) is 0.259. The second-order valence-corrected chi connectivity index (χ2v) is 8.13. The van der Waals surface area contributed by atoms with Crippen molar-refractivity contribution >= 4 is 17.4 Å². The van der Waals surface area contributed by atoms with E-state index in [-0.39, 0.29) is 23.4 Å². The zero-order valence-corrected chi connectivity index (χ0v) is 19.5. The molecule has 1 unspecified atom stereocenters. The molecule has 0 aliphatic carbocycles. The van der Waals surface area contributed by atoms with Crippen LogP contribution in [-0.2, 0) is 16.1 Å². The fourth-order valence-electron chi connectivity index (χ4n) is 4.01. The maximum absolute atomic E-state index is 14.3. The van der Waals surface area contributed by atoms with Crippen LogP contribution >= 0.6 is 0 Å². The van der Waals surface area contributed by atoms with Gasteiger partial charge in [0.1, 0.15) is 17.3 Å². The lowest BCUT2D eigenvalue weighted by atomic mass is 9.95. The Labute approximate surface area is 202 Å². The highest BCUT2D eigenvalue weighted by atomic mass is 19.1.